The van der Waals surface area contributed by atoms with Gasteiger partial charge in [-0.1, -0.05) is 6.07 Å². The van der Waals surface area contributed by atoms with Crippen molar-refractivity contribution in [2.75, 3.05) is 19.8 Å². The number of nitrogens with one attached hydrogen (secondary N) is 1. The topological polar surface area (TPSA) is 94.1 Å². The number of aliphatic hydroxyl groups is 1. The summed E-state index contributed by atoms with van der Waals surface area (Å²) in [6.45, 7) is 0.442. The Morgan fingerprint density at radius 1 is 1.07 bits per heavy atom. The zero-order valence-corrected chi connectivity index (χ0v) is 15.1. The van der Waals surface area contributed by atoms with Crippen LogP contribution in [0.3, 0.4) is 0 Å². The molecule has 0 aliphatic carbocycles. The average molecular weight is 419 g/mol. The van der Waals surface area contributed by atoms with Crippen molar-refractivity contribution in [1.82, 2.24) is 4.72 Å². The largest absolute Gasteiger partial charge is 0.573 e. The number of aliphatic hydroxyl groups excluding tert-OH is 1. The van der Waals surface area contributed by atoms with E-state index in [1.165, 1.54) is 0 Å². The van der Waals surface area contributed by atoms with Crippen LogP contribution in [0.15, 0.2) is 47.4 Å². The molecule has 0 aromatic heterocycles. The summed E-state index contributed by atoms with van der Waals surface area (Å²) in [7, 11) is -4.04. The Bertz CT molecular complexity index is 931. The lowest BCUT2D eigenvalue weighted by molar-refractivity contribution is -0.274. The molecule has 2 N–H and O–H groups in total. The number of hydrogen-bond acceptors (Lipinski definition) is 6. The molecule has 7 nitrogen and oxygen atoms in total. The first-order valence-electron chi connectivity index (χ1n) is 8.07. The number of hydrogen-bond donors (Lipinski definition) is 2. The fraction of sp³-hybridized carbons (Fsp3) is 0.294. The lowest BCUT2D eigenvalue weighted by atomic mass is 10.1. The van der Waals surface area contributed by atoms with E-state index in [2.05, 4.69) is 9.46 Å². The Kier molecular flexibility index (Phi) is 5.68. The van der Waals surface area contributed by atoms with Crippen LogP contribution >= 0.6 is 0 Å². The van der Waals surface area contributed by atoms with Gasteiger partial charge in [-0.2, -0.15) is 0 Å². The lowest BCUT2D eigenvalue weighted by Gasteiger charge is -2.20. The van der Waals surface area contributed by atoms with E-state index in [9.17, 15) is 26.7 Å². The first-order valence-corrected chi connectivity index (χ1v) is 9.55. The van der Waals surface area contributed by atoms with Crippen LogP contribution in [0.1, 0.15) is 11.7 Å². The van der Waals surface area contributed by atoms with E-state index in [4.69, 9.17) is 9.47 Å². The zero-order chi connectivity index (χ0) is 20.4. The molecule has 152 valence electrons. The zero-order valence-electron chi connectivity index (χ0n) is 14.3. The van der Waals surface area contributed by atoms with Crippen molar-refractivity contribution in [3.63, 3.8) is 0 Å². The van der Waals surface area contributed by atoms with Crippen LogP contribution in [0.4, 0.5) is 13.2 Å². The molecule has 0 amide bonds. The second-order valence-corrected chi connectivity index (χ2v) is 7.56. The molecule has 28 heavy (non-hydrogen) atoms. The third kappa shape index (κ3) is 5.06. The van der Waals surface area contributed by atoms with Crippen molar-refractivity contribution in [2.24, 2.45) is 0 Å². The van der Waals surface area contributed by atoms with E-state index in [-0.39, 0.29) is 11.4 Å². The molecule has 1 aliphatic rings. The highest BCUT2D eigenvalue weighted by molar-refractivity contribution is 7.89. The van der Waals surface area contributed by atoms with Crippen LogP contribution < -0.4 is 18.9 Å². The molecule has 3 rings (SSSR count). The number of fused-ring (bicyclic) bond motifs is 1. The van der Waals surface area contributed by atoms with Crippen LogP contribution in [0.5, 0.6) is 17.2 Å². The Morgan fingerprint density at radius 2 is 1.71 bits per heavy atom. The molecular formula is C17H16F3NO6S. The third-order valence-corrected chi connectivity index (χ3v) is 5.22. The lowest BCUT2D eigenvalue weighted by Crippen LogP contribution is -2.28. The van der Waals surface area contributed by atoms with E-state index < -0.39 is 28.2 Å². The average Bonchev–Trinajstić information content (AvgIpc) is 2.65. The van der Waals surface area contributed by atoms with Gasteiger partial charge in [-0.25, -0.2) is 13.1 Å². The van der Waals surface area contributed by atoms with Crippen LogP contribution in [0.2, 0.25) is 0 Å². The molecule has 1 atom stereocenters. The van der Waals surface area contributed by atoms with E-state index in [0.717, 1.165) is 24.3 Å². The summed E-state index contributed by atoms with van der Waals surface area (Å²) in [5, 5.41) is 10.2. The van der Waals surface area contributed by atoms with Crippen LogP contribution in [0, 0.1) is 0 Å². The number of ether oxygens (including phenoxy) is 3. The van der Waals surface area contributed by atoms with Gasteiger partial charge in [-0.3, -0.25) is 0 Å². The normalized spacial score (nSPS) is 15.1. The van der Waals surface area contributed by atoms with Gasteiger partial charge >= 0.3 is 6.36 Å². The van der Waals surface area contributed by atoms with Gasteiger partial charge in [0.15, 0.2) is 11.5 Å². The van der Waals surface area contributed by atoms with Crippen molar-refractivity contribution < 1.29 is 40.9 Å². The van der Waals surface area contributed by atoms with Gasteiger partial charge in [0.05, 0.1) is 11.0 Å². The Hall–Kier alpha value is -2.50. The summed E-state index contributed by atoms with van der Waals surface area (Å²) in [6.07, 6.45) is -6.04. The van der Waals surface area contributed by atoms with Gasteiger partial charge in [0, 0.05) is 6.54 Å². The third-order valence-electron chi connectivity index (χ3n) is 3.79. The quantitative estimate of drug-likeness (QED) is 0.747. The fourth-order valence-electron chi connectivity index (χ4n) is 2.48. The summed E-state index contributed by atoms with van der Waals surface area (Å²) in [5.41, 5.74) is 0.417. The van der Waals surface area contributed by atoms with Gasteiger partial charge < -0.3 is 19.3 Å². The molecule has 0 fully saturated rings. The highest BCUT2D eigenvalue weighted by atomic mass is 32.2. The molecule has 2 aromatic carbocycles. The maximum atomic E-state index is 12.3. The maximum Gasteiger partial charge on any atom is 0.573 e. The predicted octanol–water partition coefficient (Wildman–Crippen LogP) is 2.37. The Labute approximate surface area is 158 Å². The standard InChI is InChI=1S/C17H16F3NO6S/c18-17(19,20)27-12-2-4-13(5-3-12)28(23,24)21-10-14(22)11-1-6-15-16(9-11)26-8-7-25-15/h1-6,9,14,21-22H,7-8,10H2. The van der Waals surface area contributed by atoms with Gasteiger partial charge in [0.1, 0.15) is 19.0 Å². The maximum absolute atomic E-state index is 12.3. The van der Waals surface area contributed by atoms with Crippen molar-refractivity contribution in [3.8, 4) is 17.2 Å². The van der Waals surface area contributed by atoms with Gasteiger partial charge in [0.2, 0.25) is 10.0 Å². The highest BCUT2D eigenvalue weighted by Gasteiger charge is 2.31. The molecule has 0 bridgehead atoms. The second-order valence-electron chi connectivity index (χ2n) is 5.79. The SMILES string of the molecule is O=S(=O)(NCC(O)c1ccc2c(c1)OCCO2)c1ccc(OC(F)(F)F)cc1. The first-order chi connectivity index (χ1) is 13.1. The van der Waals surface area contributed by atoms with E-state index in [1.807, 2.05) is 0 Å². The highest BCUT2D eigenvalue weighted by Crippen LogP contribution is 2.32. The summed E-state index contributed by atoms with van der Waals surface area (Å²) in [6, 6.07) is 8.46. The summed E-state index contributed by atoms with van der Waals surface area (Å²) in [5.74, 6) is 0.442. The monoisotopic (exact) mass is 419 g/mol. The summed E-state index contributed by atoms with van der Waals surface area (Å²) < 4.78 is 77.7. The summed E-state index contributed by atoms with van der Waals surface area (Å²) >= 11 is 0. The molecule has 1 unspecified atom stereocenters. The molecule has 0 saturated carbocycles. The number of alkyl halides is 3. The molecule has 0 saturated heterocycles. The van der Waals surface area contributed by atoms with Gasteiger partial charge in [-0.05, 0) is 42.0 Å². The second kappa shape index (κ2) is 7.86. The molecule has 11 heteroatoms. The van der Waals surface area contributed by atoms with Gasteiger partial charge in [-0.15, -0.1) is 13.2 Å². The van der Waals surface area contributed by atoms with Crippen LogP contribution in [-0.4, -0.2) is 39.6 Å². The van der Waals surface area contributed by atoms with Gasteiger partial charge in [0.25, 0.3) is 0 Å². The first kappa shape index (κ1) is 20.2. The van der Waals surface area contributed by atoms with E-state index >= 15 is 0 Å². The van der Waals surface area contributed by atoms with E-state index in [0.29, 0.717) is 30.3 Å². The molecular weight excluding hydrogens is 403 g/mol. The Morgan fingerprint density at radius 3 is 2.36 bits per heavy atom. The van der Waals surface area contributed by atoms with Crippen molar-refractivity contribution in [3.05, 3.63) is 48.0 Å². The summed E-state index contributed by atoms with van der Waals surface area (Å²) in [4.78, 5) is -0.267. The van der Waals surface area contributed by atoms with Crippen molar-refractivity contribution in [1.29, 1.82) is 0 Å². The minimum atomic E-state index is -4.87. The molecule has 1 heterocycles. The Balaban J connectivity index is 1.64. The smallest absolute Gasteiger partial charge is 0.486 e. The van der Waals surface area contributed by atoms with Crippen molar-refractivity contribution >= 4 is 10.0 Å². The number of sulfonamides is 1. The van der Waals surface area contributed by atoms with Crippen LogP contribution in [0.25, 0.3) is 0 Å². The fourth-order valence-corrected chi connectivity index (χ4v) is 3.52. The molecule has 2 aromatic rings. The number of benzene rings is 2. The minimum Gasteiger partial charge on any atom is -0.486 e. The van der Waals surface area contributed by atoms with Crippen molar-refractivity contribution in [2.45, 2.75) is 17.4 Å². The predicted molar refractivity (Wildman–Crippen MR) is 90.7 cm³/mol. The molecule has 0 spiro atoms. The molecule has 0 radical (unpaired) electrons. The number of rotatable bonds is 6. The molecule has 1 aliphatic heterocycles. The van der Waals surface area contributed by atoms with Crippen LogP contribution in [-0.2, 0) is 10.0 Å². The minimum absolute atomic E-state index is 0.267. The van der Waals surface area contributed by atoms with E-state index in [1.54, 1.807) is 18.2 Å². The number of halogens is 3.